The molecule has 0 aliphatic rings. The zero-order valence-corrected chi connectivity index (χ0v) is 12.4. The number of hydrogen-bond acceptors (Lipinski definition) is 3. The van der Waals surface area contributed by atoms with Crippen molar-refractivity contribution >= 4 is 29.1 Å². The lowest BCUT2D eigenvalue weighted by molar-refractivity contribution is 0.319. The summed E-state index contributed by atoms with van der Waals surface area (Å²) >= 11 is 1.71. The summed E-state index contributed by atoms with van der Waals surface area (Å²) in [4.78, 5) is 1.21. The maximum Gasteiger partial charge on any atom is 0.0843 e. The Labute approximate surface area is 123 Å². The highest BCUT2D eigenvalue weighted by Crippen LogP contribution is 2.23. The average Bonchev–Trinajstić information content (AvgIpc) is 2.53. The van der Waals surface area contributed by atoms with Crippen molar-refractivity contribution in [1.29, 1.82) is 0 Å². The molecule has 0 aliphatic heterocycles. The molecule has 2 aromatic rings. The average molecular weight is 283 g/mol. The largest absolute Gasteiger partial charge is 0.411 e. The minimum atomic E-state index is 0.603. The Morgan fingerprint density at radius 2 is 1.70 bits per heavy atom. The molecule has 1 N–H and O–H groups in total. The molecule has 2 aromatic carbocycles. The van der Waals surface area contributed by atoms with Gasteiger partial charge in [-0.2, -0.15) is 0 Å². The zero-order chi connectivity index (χ0) is 14.4. The second-order valence-electron chi connectivity index (χ2n) is 4.38. The van der Waals surface area contributed by atoms with E-state index in [1.165, 1.54) is 4.90 Å². The molecule has 0 atom stereocenters. The highest BCUT2D eigenvalue weighted by Gasteiger charge is 2.06. The van der Waals surface area contributed by atoms with Gasteiger partial charge in [0.15, 0.2) is 0 Å². The molecule has 0 amide bonds. The maximum absolute atomic E-state index is 9.09. The number of benzene rings is 2. The van der Waals surface area contributed by atoms with Crippen LogP contribution in [0.25, 0.3) is 11.6 Å². The number of hydrogen-bond donors (Lipinski definition) is 1. The van der Waals surface area contributed by atoms with Crippen molar-refractivity contribution in [3.63, 3.8) is 0 Å². The lowest BCUT2D eigenvalue weighted by atomic mass is 9.99. The van der Waals surface area contributed by atoms with Crippen LogP contribution in [0.5, 0.6) is 0 Å². The Morgan fingerprint density at radius 1 is 1.05 bits per heavy atom. The fourth-order valence-electron chi connectivity index (χ4n) is 1.94. The van der Waals surface area contributed by atoms with E-state index in [0.717, 1.165) is 16.7 Å². The van der Waals surface area contributed by atoms with Crippen molar-refractivity contribution < 1.29 is 5.21 Å². The molecular weight excluding hydrogens is 266 g/mol. The van der Waals surface area contributed by atoms with Gasteiger partial charge in [0.25, 0.3) is 0 Å². The predicted molar refractivity (Wildman–Crippen MR) is 87.4 cm³/mol. The quantitative estimate of drug-likeness (QED) is 0.287. The number of thioether (sulfide) groups is 1. The molecule has 20 heavy (non-hydrogen) atoms. The lowest BCUT2D eigenvalue weighted by Gasteiger charge is -2.08. The highest BCUT2D eigenvalue weighted by molar-refractivity contribution is 7.98. The van der Waals surface area contributed by atoms with Crippen LogP contribution in [-0.4, -0.2) is 17.2 Å². The van der Waals surface area contributed by atoms with Gasteiger partial charge in [-0.1, -0.05) is 47.6 Å². The first-order chi connectivity index (χ1) is 9.74. The summed E-state index contributed by atoms with van der Waals surface area (Å²) in [5.41, 5.74) is 3.65. The van der Waals surface area contributed by atoms with Gasteiger partial charge in [0.1, 0.15) is 0 Å². The van der Waals surface area contributed by atoms with Gasteiger partial charge in [-0.3, -0.25) is 0 Å². The molecule has 2 nitrogen and oxygen atoms in total. The van der Waals surface area contributed by atoms with Gasteiger partial charge in [-0.05, 0) is 42.5 Å². The summed E-state index contributed by atoms with van der Waals surface area (Å²) in [7, 11) is 0. The molecule has 0 aliphatic carbocycles. The number of rotatable bonds is 4. The van der Waals surface area contributed by atoms with Crippen LogP contribution in [0.1, 0.15) is 18.1 Å². The van der Waals surface area contributed by atoms with E-state index in [0.29, 0.717) is 5.71 Å². The molecule has 0 saturated carbocycles. The van der Waals surface area contributed by atoms with Crippen molar-refractivity contribution in [3.8, 4) is 0 Å². The Balaban J connectivity index is 2.45. The molecule has 102 valence electrons. The predicted octanol–water partition coefficient (Wildman–Crippen LogP) is 4.80. The summed E-state index contributed by atoms with van der Waals surface area (Å²) in [5, 5.41) is 12.4. The topological polar surface area (TPSA) is 32.6 Å². The fourth-order valence-corrected chi connectivity index (χ4v) is 2.35. The van der Waals surface area contributed by atoms with Gasteiger partial charge in [0.05, 0.1) is 5.71 Å². The van der Waals surface area contributed by atoms with E-state index in [-0.39, 0.29) is 0 Å². The second kappa shape index (κ2) is 6.96. The summed E-state index contributed by atoms with van der Waals surface area (Å²) < 4.78 is 0. The lowest BCUT2D eigenvalue weighted by Crippen LogP contribution is -1.97. The SMILES string of the molecule is CSc1ccc(C(=Cc2ccccc2)C(C)=NO)cc1. The third kappa shape index (κ3) is 3.52. The molecule has 0 fully saturated rings. The van der Waals surface area contributed by atoms with Crippen LogP contribution in [-0.2, 0) is 0 Å². The minimum Gasteiger partial charge on any atom is -0.411 e. The molecule has 0 bridgehead atoms. The van der Waals surface area contributed by atoms with Crippen LogP contribution in [0.4, 0.5) is 0 Å². The van der Waals surface area contributed by atoms with E-state index in [2.05, 4.69) is 35.7 Å². The Kier molecular flexibility index (Phi) is 5.02. The summed E-state index contributed by atoms with van der Waals surface area (Å²) in [6, 6.07) is 18.3. The summed E-state index contributed by atoms with van der Waals surface area (Å²) in [6.45, 7) is 1.80. The molecule has 0 radical (unpaired) electrons. The third-order valence-electron chi connectivity index (χ3n) is 3.05. The normalized spacial score (nSPS) is 12.5. The minimum absolute atomic E-state index is 0.603. The first-order valence-corrected chi connectivity index (χ1v) is 7.57. The van der Waals surface area contributed by atoms with E-state index in [1.54, 1.807) is 18.7 Å². The fraction of sp³-hybridized carbons (Fsp3) is 0.118. The van der Waals surface area contributed by atoms with Crippen LogP contribution < -0.4 is 0 Å². The van der Waals surface area contributed by atoms with Crippen molar-refractivity contribution in [1.82, 2.24) is 0 Å². The molecule has 3 heteroatoms. The maximum atomic E-state index is 9.09. The van der Waals surface area contributed by atoms with Crippen LogP contribution >= 0.6 is 11.8 Å². The summed E-state index contributed by atoms with van der Waals surface area (Å²) in [6.07, 6.45) is 4.08. The Bertz CT molecular complexity index is 615. The van der Waals surface area contributed by atoms with Gasteiger partial charge in [-0.25, -0.2) is 0 Å². The Morgan fingerprint density at radius 3 is 2.25 bits per heavy atom. The van der Waals surface area contributed by atoms with E-state index >= 15 is 0 Å². The zero-order valence-electron chi connectivity index (χ0n) is 11.6. The van der Waals surface area contributed by atoms with Crippen molar-refractivity contribution in [3.05, 3.63) is 65.7 Å². The van der Waals surface area contributed by atoms with Gasteiger partial charge >= 0.3 is 0 Å². The third-order valence-corrected chi connectivity index (χ3v) is 3.79. The number of nitrogens with zero attached hydrogens (tertiary/aromatic N) is 1. The smallest absolute Gasteiger partial charge is 0.0843 e. The van der Waals surface area contributed by atoms with Crippen molar-refractivity contribution in [2.24, 2.45) is 5.16 Å². The first kappa shape index (κ1) is 14.4. The van der Waals surface area contributed by atoms with E-state index in [9.17, 15) is 0 Å². The van der Waals surface area contributed by atoms with Crippen LogP contribution in [0.2, 0.25) is 0 Å². The van der Waals surface area contributed by atoms with Gasteiger partial charge in [0.2, 0.25) is 0 Å². The van der Waals surface area contributed by atoms with Crippen LogP contribution in [0.15, 0.2) is 64.6 Å². The molecule has 0 spiro atoms. The molecule has 0 aromatic heterocycles. The van der Waals surface area contributed by atoms with E-state index in [4.69, 9.17) is 5.21 Å². The second-order valence-corrected chi connectivity index (χ2v) is 5.26. The van der Waals surface area contributed by atoms with E-state index in [1.807, 2.05) is 36.4 Å². The highest BCUT2D eigenvalue weighted by atomic mass is 32.2. The van der Waals surface area contributed by atoms with Crippen molar-refractivity contribution in [2.75, 3.05) is 6.26 Å². The first-order valence-electron chi connectivity index (χ1n) is 6.35. The van der Waals surface area contributed by atoms with Crippen LogP contribution in [0, 0.1) is 0 Å². The number of allylic oxidation sites excluding steroid dienone is 1. The van der Waals surface area contributed by atoms with Crippen LogP contribution in [0.3, 0.4) is 0 Å². The molecule has 0 heterocycles. The standard InChI is InChI=1S/C17H17NOS/c1-13(18-19)17(12-14-6-4-3-5-7-14)15-8-10-16(20-2)11-9-15/h3-12,19H,1-2H3. The summed E-state index contributed by atoms with van der Waals surface area (Å²) in [5.74, 6) is 0. The number of oxime groups is 1. The molecule has 0 saturated heterocycles. The van der Waals surface area contributed by atoms with Gasteiger partial charge in [-0.15, -0.1) is 11.8 Å². The van der Waals surface area contributed by atoms with E-state index < -0.39 is 0 Å². The molecular formula is C17H17NOS. The molecule has 0 unspecified atom stereocenters. The van der Waals surface area contributed by atoms with Gasteiger partial charge < -0.3 is 5.21 Å². The molecule has 2 rings (SSSR count). The van der Waals surface area contributed by atoms with Crippen molar-refractivity contribution in [2.45, 2.75) is 11.8 Å². The Hall–Kier alpha value is -2.00. The monoisotopic (exact) mass is 283 g/mol. The van der Waals surface area contributed by atoms with Gasteiger partial charge in [0, 0.05) is 10.5 Å².